The smallest absolute Gasteiger partial charge is 0.165 e. The van der Waals surface area contributed by atoms with Gasteiger partial charge in [-0.05, 0) is 18.3 Å². The number of phenols is 1. The fourth-order valence-electron chi connectivity index (χ4n) is 2.00. The number of benzene rings is 2. The van der Waals surface area contributed by atoms with Gasteiger partial charge in [0.15, 0.2) is 17.3 Å². The van der Waals surface area contributed by atoms with Gasteiger partial charge in [-0.15, -0.1) is 0 Å². The Morgan fingerprint density at radius 3 is 2.43 bits per heavy atom. The van der Waals surface area contributed by atoms with Crippen LogP contribution in [-0.4, -0.2) is 25.1 Å². The number of ether oxygens (including phenoxy) is 2. The summed E-state index contributed by atoms with van der Waals surface area (Å²) in [6.45, 7) is 1.54. The third-order valence-corrected chi connectivity index (χ3v) is 4.44. The highest BCUT2D eigenvalue weighted by Gasteiger charge is 2.14. The maximum Gasteiger partial charge on any atom is 0.165 e. The first kappa shape index (κ1) is 15.3. The highest BCUT2D eigenvalue weighted by molar-refractivity contribution is 7.56. The monoisotopic (exact) mass is 304 g/mol. The number of carbonyl (C=O) groups excluding carboxylic acids is 1. The maximum atomic E-state index is 11.7. The van der Waals surface area contributed by atoms with Crippen LogP contribution in [0.5, 0.6) is 17.2 Å². The molecule has 0 aliphatic heterocycles. The van der Waals surface area contributed by atoms with Gasteiger partial charge in [-0.2, -0.15) is 0 Å². The van der Waals surface area contributed by atoms with Gasteiger partial charge < -0.3 is 14.6 Å². The van der Waals surface area contributed by atoms with Crippen LogP contribution in [0.3, 0.4) is 0 Å². The van der Waals surface area contributed by atoms with Gasteiger partial charge in [0.25, 0.3) is 0 Å². The second-order valence-corrected chi connectivity index (χ2v) is 5.78. The van der Waals surface area contributed by atoms with Crippen molar-refractivity contribution in [2.24, 2.45) is 0 Å². The molecular weight excluding hydrogens is 287 g/mol. The Morgan fingerprint density at radius 2 is 1.81 bits per heavy atom. The largest absolute Gasteiger partial charge is 0.504 e. The predicted molar refractivity (Wildman–Crippen MR) is 85.2 cm³/mol. The maximum absolute atomic E-state index is 11.7. The Labute approximate surface area is 125 Å². The van der Waals surface area contributed by atoms with Crippen LogP contribution >= 0.6 is 8.58 Å². The second kappa shape index (κ2) is 6.59. The summed E-state index contributed by atoms with van der Waals surface area (Å²) in [4.78, 5) is 11.7. The van der Waals surface area contributed by atoms with Gasteiger partial charge in [0, 0.05) is 16.9 Å². The first-order valence-electron chi connectivity index (χ1n) is 6.38. The first-order chi connectivity index (χ1) is 10.1. The number of hydrogen-bond donors (Lipinski definition) is 1. The zero-order valence-corrected chi connectivity index (χ0v) is 13.1. The molecule has 2 rings (SSSR count). The van der Waals surface area contributed by atoms with E-state index in [9.17, 15) is 9.90 Å². The van der Waals surface area contributed by atoms with Gasteiger partial charge in [-0.3, -0.25) is 4.79 Å². The molecule has 0 fully saturated rings. The van der Waals surface area contributed by atoms with Crippen LogP contribution in [-0.2, 0) is 0 Å². The van der Waals surface area contributed by atoms with E-state index < -0.39 is 0 Å². The molecule has 0 saturated heterocycles. The number of methoxy groups -OCH3 is 2. The lowest BCUT2D eigenvalue weighted by Gasteiger charge is -2.13. The lowest BCUT2D eigenvalue weighted by molar-refractivity contribution is 0.101. The molecule has 0 bridgehead atoms. The van der Waals surface area contributed by atoms with Crippen molar-refractivity contribution < 1.29 is 19.4 Å². The Balaban J connectivity index is 2.47. The van der Waals surface area contributed by atoms with E-state index in [1.807, 2.05) is 18.2 Å². The van der Waals surface area contributed by atoms with Crippen LogP contribution in [0.15, 0.2) is 36.4 Å². The Bertz CT molecular complexity index is 667. The van der Waals surface area contributed by atoms with Gasteiger partial charge in [-0.1, -0.05) is 32.8 Å². The highest BCUT2D eigenvalue weighted by atomic mass is 31.1. The number of phenolic OH excluding ortho intramolecular Hbond substituents is 1. The van der Waals surface area contributed by atoms with E-state index in [1.165, 1.54) is 14.0 Å². The summed E-state index contributed by atoms with van der Waals surface area (Å²) in [7, 11) is 3.18. The van der Waals surface area contributed by atoms with E-state index in [-0.39, 0.29) is 20.1 Å². The van der Waals surface area contributed by atoms with Crippen LogP contribution in [0.2, 0.25) is 0 Å². The molecule has 0 aliphatic carbocycles. The summed E-state index contributed by atoms with van der Waals surface area (Å²) in [6, 6.07) is 10.8. The number of Topliss-reactive ketones (excluding diaryl/α,β-unsaturated/α-hetero) is 1. The van der Waals surface area contributed by atoms with Crippen molar-refractivity contribution in [2.75, 3.05) is 14.2 Å². The third-order valence-electron chi connectivity index (χ3n) is 3.08. The number of aromatic hydroxyl groups is 1. The number of hydrogen-bond acceptors (Lipinski definition) is 4. The topological polar surface area (TPSA) is 55.8 Å². The van der Waals surface area contributed by atoms with Gasteiger partial charge in [0.1, 0.15) is 5.75 Å². The molecule has 0 aromatic heterocycles. The Hall–Kier alpha value is -2.06. The lowest BCUT2D eigenvalue weighted by Crippen LogP contribution is -2.12. The zero-order chi connectivity index (χ0) is 15.4. The first-order valence-corrected chi connectivity index (χ1v) is 7.38. The molecule has 110 valence electrons. The second-order valence-electron chi connectivity index (χ2n) is 4.45. The Kier molecular flexibility index (Phi) is 4.81. The minimum absolute atomic E-state index is 0.00690. The van der Waals surface area contributed by atoms with Crippen LogP contribution in [0.4, 0.5) is 0 Å². The van der Waals surface area contributed by atoms with Crippen LogP contribution < -0.4 is 20.1 Å². The fourth-order valence-corrected chi connectivity index (χ4v) is 3.32. The molecule has 0 amide bonds. The average molecular weight is 304 g/mol. The normalized spacial score (nSPS) is 10.8. The average Bonchev–Trinajstić information content (AvgIpc) is 2.49. The summed E-state index contributed by atoms with van der Waals surface area (Å²) in [6.07, 6.45) is 0. The molecule has 0 aliphatic rings. The van der Waals surface area contributed by atoms with Gasteiger partial charge >= 0.3 is 0 Å². The molecule has 0 heterocycles. The van der Waals surface area contributed by atoms with Gasteiger partial charge in [-0.25, -0.2) is 0 Å². The molecule has 4 nitrogen and oxygen atoms in total. The summed E-state index contributed by atoms with van der Waals surface area (Å²) >= 11 is 0. The van der Waals surface area contributed by atoms with Crippen molar-refractivity contribution >= 4 is 25.0 Å². The molecule has 0 saturated carbocycles. The fraction of sp³-hybridized carbons (Fsp3) is 0.188. The molecule has 2 aromatic carbocycles. The summed E-state index contributed by atoms with van der Waals surface area (Å²) in [5, 5.41) is 11.8. The van der Waals surface area contributed by atoms with E-state index in [4.69, 9.17) is 9.47 Å². The van der Waals surface area contributed by atoms with Crippen LogP contribution in [0.25, 0.3) is 0 Å². The third kappa shape index (κ3) is 3.34. The van der Waals surface area contributed by atoms with E-state index >= 15 is 0 Å². The van der Waals surface area contributed by atoms with E-state index in [2.05, 4.69) is 0 Å². The van der Waals surface area contributed by atoms with Crippen molar-refractivity contribution in [3.05, 3.63) is 42.0 Å². The minimum atomic E-state index is 0.00690. The molecule has 1 atom stereocenters. The number of rotatable bonds is 5. The molecule has 0 radical (unpaired) electrons. The van der Waals surface area contributed by atoms with Crippen LogP contribution in [0, 0.1) is 0 Å². The molecule has 21 heavy (non-hydrogen) atoms. The molecule has 5 heteroatoms. The summed E-state index contributed by atoms with van der Waals surface area (Å²) < 4.78 is 10.4. The molecule has 0 spiro atoms. The number of carbonyl (C=O) groups is 1. The zero-order valence-electron chi connectivity index (χ0n) is 12.1. The van der Waals surface area contributed by atoms with Crippen molar-refractivity contribution in [3.8, 4) is 17.2 Å². The quantitative estimate of drug-likeness (QED) is 0.680. The molecule has 1 unspecified atom stereocenters. The van der Waals surface area contributed by atoms with Gasteiger partial charge in [0.2, 0.25) is 0 Å². The standard InChI is InChI=1S/C16H17O4P/c1-10(17)12-6-4-5-7-14(12)21-15-9-11(19-2)8-13(20-3)16(15)18/h4-9,18,21H,1-3H3. The van der Waals surface area contributed by atoms with E-state index in [0.29, 0.717) is 22.4 Å². The van der Waals surface area contributed by atoms with Crippen LogP contribution in [0.1, 0.15) is 17.3 Å². The molecule has 2 aromatic rings. The molecular formula is C16H17O4P. The minimum Gasteiger partial charge on any atom is -0.504 e. The molecule has 1 N–H and O–H groups in total. The predicted octanol–water partition coefficient (Wildman–Crippen LogP) is 2.24. The number of ketones is 1. The lowest BCUT2D eigenvalue weighted by atomic mass is 10.1. The summed E-state index contributed by atoms with van der Waals surface area (Å²) in [5.41, 5.74) is 0.664. The highest BCUT2D eigenvalue weighted by Crippen LogP contribution is 2.33. The van der Waals surface area contributed by atoms with Crippen molar-refractivity contribution in [1.82, 2.24) is 0 Å². The van der Waals surface area contributed by atoms with Gasteiger partial charge in [0.05, 0.1) is 14.2 Å². The van der Waals surface area contributed by atoms with Crippen molar-refractivity contribution in [1.29, 1.82) is 0 Å². The SMILES string of the molecule is COc1cc(OC)c(O)c(Pc2ccccc2C(C)=O)c1. The Morgan fingerprint density at radius 1 is 1.10 bits per heavy atom. The van der Waals surface area contributed by atoms with E-state index in [1.54, 1.807) is 25.3 Å². The van der Waals surface area contributed by atoms with Crippen molar-refractivity contribution in [2.45, 2.75) is 6.92 Å². The van der Waals surface area contributed by atoms with Crippen molar-refractivity contribution in [3.63, 3.8) is 0 Å². The summed E-state index contributed by atoms with van der Waals surface area (Å²) in [5.74, 6) is 1.05. The van der Waals surface area contributed by atoms with E-state index in [0.717, 1.165) is 5.30 Å².